The van der Waals surface area contributed by atoms with E-state index >= 15 is 0 Å². The minimum atomic E-state index is 0.241. The van der Waals surface area contributed by atoms with Crippen molar-refractivity contribution >= 4 is 28.7 Å². The maximum Gasteiger partial charge on any atom is 0.177 e. The summed E-state index contributed by atoms with van der Waals surface area (Å²) in [6.45, 7) is 2.11. The van der Waals surface area contributed by atoms with Crippen LogP contribution in [0, 0.1) is 11.3 Å². The molecular formula is C12H14ClNOS. The monoisotopic (exact) mass is 255 g/mol. The highest BCUT2D eigenvalue weighted by atomic mass is 35.5. The van der Waals surface area contributed by atoms with E-state index in [1.165, 1.54) is 11.3 Å². The van der Waals surface area contributed by atoms with Crippen LogP contribution >= 0.6 is 22.9 Å². The van der Waals surface area contributed by atoms with E-state index in [4.69, 9.17) is 11.6 Å². The second-order valence-corrected chi connectivity index (χ2v) is 6.15. The average molecular weight is 256 g/mol. The second-order valence-electron chi connectivity index (χ2n) is 4.83. The normalized spacial score (nSPS) is 26.9. The van der Waals surface area contributed by atoms with Crippen LogP contribution in [-0.4, -0.2) is 18.9 Å². The molecule has 16 heavy (non-hydrogen) atoms. The number of Topliss-reactive ketones (excluding diaryl/α,β-unsaturated/α-hetero) is 1. The lowest BCUT2D eigenvalue weighted by Crippen LogP contribution is -2.30. The molecule has 0 bridgehead atoms. The molecule has 0 radical (unpaired) electrons. The molecule has 2 aliphatic rings. The fourth-order valence-corrected chi connectivity index (χ4v) is 3.97. The lowest BCUT2D eigenvalue weighted by atomic mass is 9.90. The smallest absolute Gasteiger partial charge is 0.177 e. The number of halogens is 1. The molecule has 0 amide bonds. The third-order valence-corrected chi connectivity index (χ3v) is 5.30. The zero-order valence-corrected chi connectivity index (χ0v) is 10.5. The Morgan fingerprint density at radius 3 is 2.88 bits per heavy atom. The zero-order valence-electron chi connectivity index (χ0n) is 8.96. The molecule has 1 aliphatic carbocycles. The average Bonchev–Trinajstić information content (AvgIpc) is 2.80. The molecule has 1 atom stereocenters. The molecule has 1 spiro atoms. The molecule has 1 aliphatic heterocycles. The fourth-order valence-electron chi connectivity index (χ4n) is 2.82. The van der Waals surface area contributed by atoms with Gasteiger partial charge < -0.3 is 5.32 Å². The Morgan fingerprint density at radius 1 is 1.50 bits per heavy atom. The van der Waals surface area contributed by atoms with E-state index in [0.717, 1.165) is 37.2 Å². The molecule has 2 fully saturated rings. The summed E-state index contributed by atoms with van der Waals surface area (Å²) in [7, 11) is 0. The largest absolute Gasteiger partial charge is 0.317 e. The van der Waals surface area contributed by atoms with E-state index in [1.54, 1.807) is 0 Å². The Hall–Kier alpha value is -0.380. The van der Waals surface area contributed by atoms with Crippen LogP contribution in [0.15, 0.2) is 11.4 Å². The van der Waals surface area contributed by atoms with Crippen LogP contribution in [0.1, 0.15) is 28.9 Å². The van der Waals surface area contributed by atoms with Crippen molar-refractivity contribution in [1.29, 1.82) is 0 Å². The summed E-state index contributed by atoms with van der Waals surface area (Å²) in [5.74, 6) is 0.521. The van der Waals surface area contributed by atoms with Crippen molar-refractivity contribution in [2.75, 3.05) is 13.1 Å². The predicted molar refractivity (Wildman–Crippen MR) is 66.3 cm³/mol. The summed E-state index contributed by atoms with van der Waals surface area (Å²) in [5.41, 5.74) is 0.315. The van der Waals surface area contributed by atoms with Gasteiger partial charge in [0, 0.05) is 5.92 Å². The number of ketones is 1. The highest BCUT2D eigenvalue weighted by Gasteiger charge is 2.57. The highest BCUT2D eigenvalue weighted by molar-refractivity contribution is 7.12. The number of thiophene rings is 1. The predicted octanol–water partition coefficient (Wildman–Crippen LogP) is 2.97. The van der Waals surface area contributed by atoms with Gasteiger partial charge in [0.25, 0.3) is 0 Å². The summed E-state index contributed by atoms with van der Waals surface area (Å²) in [6, 6.07) is 1.82. The first-order valence-electron chi connectivity index (χ1n) is 5.71. The molecule has 1 saturated heterocycles. The van der Waals surface area contributed by atoms with Crippen LogP contribution in [0.2, 0.25) is 5.02 Å². The van der Waals surface area contributed by atoms with Crippen LogP contribution in [0.25, 0.3) is 0 Å². The first kappa shape index (κ1) is 10.8. The summed E-state index contributed by atoms with van der Waals surface area (Å²) >= 11 is 7.49. The first-order chi connectivity index (χ1) is 7.73. The van der Waals surface area contributed by atoms with Gasteiger partial charge in [-0.1, -0.05) is 11.6 Å². The van der Waals surface area contributed by atoms with Gasteiger partial charge in [-0.05, 0) is 49.2 Å². The van der Waals surface area contributed by atoms with Crippen molar-refractivity contribution in [3.8, 4) is 0 Å². The van der Waals surface area contributed by atoms with Crippen LogP contribution < -0.4 is 5.32 Å². The first-order valence-corrected chi connectivity index (χ1v) is 6.97. The van der Waals surface area contributed by atoms with Crippen molar-refractivity contribution < 1.29 is 4.79 Å². The quantitative estimate of drug-likeness (QED) is 0.824. The Balaban J connectivity index is 1.77. The van der Waals surface area contributed by atoms with E-state index in [0.29, 0.717) is 10.4 Å². The standard InChI is InChI=1S/C12H14ClNOS/c13-9-1-6-16-11(9)10(15)8-7-12(8)2-4-14-5-3-12/h1,6,8,14H,2-5,7H2. The third kappa shape index (κ3) is 1.62. The van der Waals surface area contributed by atoms with Crippen LogP contribution in [0.5, 0.6) is 0 Å². The minimum absolute atomic E-state index is 0.241. The van der Waals surface area contributed by atoms with E-state index < -0.39 is 0 Å². The van der Waals surface area contributed by atoms with Crippen molar-refractivity contribution in [2.24, 2.45) is 11.3 Å². The topological polar surface area (TPSA) is 29.1 Å². The molecule has 2 nitrogen and oxygen atoms in total. The van der Waals surface area contributed by atoms with Crippen molar-refractivity contribution in [2.45, 2.75) is 19.3 Å². The fraction of sp³-hybridized carbons (Fsp3) is 0.583. The van der Waals surface area contributed by atoms with Gasteiger partial charge in [-0.25, -0.2) is 0 Å². The maximum atomic E-state index is 12.3. The number of hydrogen-bond donors (Lipinski definition) is 1. The van der Waals surface area contributed by atoms with Gasteiger partial charge in [0.2, 0.25) is 0 Å². The Morgan fingerprint density at radius 2 is 2.25 bits per heavy atom. The van der Waals surface area contributed by atoms with Gasteiger partial charge in [-0.2, -0.15) is 0 Å². The van der Waals surface area contributed by atoms with E-state index in [-0.39, 0.29) is 11.7 Å². The molecule has 2 heterocycles. The summed E-state index contributed by atoms with van der Waals surface area (Å²) in [5, 5.41) is 5.88. The van der Waals surface area contributed by atoms with Crippen LogP contribution in [-0.2, 0) is 0 Å². The molecule has 86 valence electrons. The molecule has 1 unspecified atom stereocenters. The van der Waals surface area contributed by atoms with E-state index in [2.05, 4.69) is 5.32 Å². The van der Waals surface area contributed by atoms with Gasteiger partial charge in [-0.15, -0.1) is 11.3 Å². The van der Waals surface area contributed by atoms with Crippen LogP contribution in [0.3, 0.4) is 0 Å². The van der Waals surface area contributed by atoms with Crippen molar-refractivity contribution in [3.05, 3.63) is 21.3 Å². The molecule has 1 aromatic rings. The van der Waals surface area contributed by atoms with Gasteiger partial charge in [0.05, 0.1) is 9.90 Å². The minimum Gasteiger partial charge on any atom is -0.317 e. The third-order valence-electron chi connectivity index (χ3n) is 3.95. The summed E-state index contributed by atoms with van der Waals surface area (Å²) < 4.78 is 0. The number of nitrogens with one attached hydrogen (secondary N) is 1. The Kier molecular flexibility index (Phi) is 2.57. The van der Waals surface area contributed by atoms with Crippen molar-refractivity contribution in [1.82, 2.24) is 5.32 Å². The van der Waals surface area contributed by atoms with Gasteiger partial charge >= 0.3 is 0 Å². The molecule has 1 aromatic heterocycles. The molecule has 1 N–H and O–H groups in total. The maximum absolute atomic E-state index is 12.3. The molecular weight excluding hydrogens is 242 g/mol. The Labute approximate surface area is 104 Å². The molecule has 4 heteroatoms. The lowest BCUT2D eigenvalue weighted by molar-refractivity contribution is 0.0945. The zero-order chi connectivity index (χ0) is 11.2. The highest BCUT2D eigenvalue weighted by Crippen LogP contribution is 2.60. The number of hydrogen-bond acceptors (Lipinski definition) is 3. The molecule has 3 rings (SSSR count). The summed E-state index contributed by atoms with van der Waals surface area (Å²) in [4.78, 5) is 13.0. The van der Waals surface area contributed by atoms with Gasteiger partial charge in [0.15, 0.2) is 5.78 Å². The number of carbonyl (C=O) groups is 1. The van der Waals surface area contributed by atoms with E-state index in [1.807, 2.05) is 11.4 Å². The summed E-state index contributed by atoms with van der Waals surface area (Å²) in [6.07, 6.45) is 3.36. The number of piperidine rings is 1. The SMILES string of the molecule is O=C(c1sccc1Cl)C1CC12CCNCC2. The lowest BCUT2D eigenvalue weighted by Gasteiger charge is -2.22. The molecule has 1 saturated carbocycles. The van der Waals surface area contributed by atoms with Gasteiger partial charge in [0.1, 0.15) is 0 Å². The van der Waals surface area contributed by atoms with Crippen molar-refractivity contribution in [3.63, 3.8) is 0 Å². The second kappa shape index (κ2) is 3.83. The molecule has 0 aromatic carbocycles. The number of carbonyl (C=O) groups excluding carboxylic acids is 1. The Bertz CT molecular complexity index is 422. The van der Waals surface area contributed by atoms with Crippen LogP contribution in [0.4, 0.5) is 0 Å². The van der Waals surface area contributed by atoms with E-state index in [9.17, 15) is 4.79 Å². The number of rotatable bonds is 2. The van der Waals surface area contributed by atoms with Gasteiger partial charge in [-0.3, -0.25) is 4.79 Å².